The Balaban J connectivity index is 0.00000144. The summed E-state index contributed by atoms with van der Waals surface area (Å²) in [4.78, 5) is 13.9. The molecule has 17 heavy (non-hydrogen) atoms. The van der Waals surface area contributed by atoms with Crippen LogP contribution < -0.4 is 5.32 Å². The van der Waals surface area contributed by atoms with Crippen LogP contribution >= 0.6 is 12.4 Å². The molecule has 1 saturated heterocycles. The van der Waals surface area contributed by atoms with Gasteiger partial charge in [0.2, 0.25) is 5.91 Å². The van der Waals surface area contributed by atoms with Crippen molar-refractivity contribution in [2.24, 2.45) is 0 Å². The zero-order valence-electron chi connectivity index (χ0n) is 9.87. The second-order valence-corrected chi connectivity index (χ2v) is 4.06. The second-order valence-electron chi connectivity index (χ2n) is 4.06. The van der Waals surface area contributed by atoms with Gasteiger partial charge in [-0.3, -0.25) is 9.48 Å². The third kappa shape index (κ3) is 3.67. The molecule has 0 unspecified atom stereocenters. The highest BCUT2D eigenvalue weighted by atomic mass is 35.5. The van der Waals surface area contributed by atoms with E-state index in [-0.39, 0.29) is 24.4 Å². The van der Waals surface area contributed by atoms with Crippen molar-refractivity contribution in [1.29, 1.82) is 0 Å². The Labute approximate surface area is 107 Å². The third-order valence-corrected chi connectivity index (χ3v) is 2.85. The van der Waals surface area contributed by atoms with Crippen LogP contribution in [0.3, 0.4) is 0 Å². The van der Waals surface area contributed by atoms with Gasteiger partial charge in [0.15, 0.2) is 0 Å². The smallest absolute Gasteiger partial charge is 0.224 e. The predicted molar refractivity (Wildman–Crippen MR) is 65.9 cm³/mol. The lowest BCUT2D eigenvalue weighted by Crippen LogP contribution is -2.52. The summed E-state index contributed by atoms with van der Waals surface area (Å²) in [5, 5.41) is 10.8. The summed E-state index contributed by atoms with van der Waals surface area (Å²) in [6.07, 6.45) is 3.89. The number of piperazine rings is 1. The molecular formula is C10H18ClN5O. The molecule has 0 radical (unpaired) electrons. The van der Waals surface area contributed by atoms with Gasteiger partial charge in [-0.25, -0.2) is 0 Å². The predicted octanol–water partition coefficient (Wildman–Crippen LogP) is -0.0897. The van der Waals surface area contributed by atoms with E-state index in [1.807, 2.05) is 4.90 Å². The maximum Gasteiger partial charge on any atom is 0.224 e. The summed E-state index contributed by atoms with van der Waals surface area (Å²) >= 11 is 0. The van der Waals surface area contributed by atoms with Gasteiger partial charge in [0.05, 0.1) is 12.7 Å². The number of carbonyl (C=O) groups excluding carboxylic acids is 1. The Morgan fingerprint density at radius 3 is 3.06 bits per heavy atom. The van der Waals surface area contributed by atoms with E-state index in [2.05, 4.69) is 22.6 Å². The minimum Gasteiger partial charge on any atom is -0.337 e. The van der Waals surface area contributed by atoms with Crippen molar-refractivity contribution in [3.05, 3.63) is 12.4 Å². The molecule has 0 saturated carbocycles. The van der Waals surface area contributed by atoms with Gasteiger partial charge in [0.1, 0.15) is 0 Å². The lowest BCUT2D eigenvalue weighted by atomic mass is 10.2. The summed E-state index contributed by atoms with van der Waals surface area (Å²) in [6, 6.07) is 0.289. The van der Waals surface area contributed by atoms with E-state index in [1.165, 1.54) is 0 Å². The van der Waals surface area contributed by atoms with Crippen molar-refractivity contribution in [3.8, 4) is 0 Å². The molecule has 2 rings (SSSR count). The minimum atomic E-state index is 0. The van der Waals surface area contributed by atoms with E-state index in [1.54, 1.807) is 17.1 Å². The summed E-state index contributed by atoms with van der Waals surface area (Å²) in [7, 11) is 0. The standard InChI is InChI=1S/C10H17N5O.ClH/c1-9-8-11-3-7-15(9)10(16)2-5-14-6-4-12-13-14;/h4,6,9,11H,2-3,5,7-8H2,1H3;1H/t9-;/m0./s1. The van der Waals surface area contributed by atoms with Gasteiger partial charge in [-0.05, 0) is 6.92 Å². The van der Waals surface area contributed by atoms with E-state index in [0.29, 0.717) is 13.0 Å². The molecular weight excluding hydrogens is 242 g/mol. The van der Waals surface area contributed by atoms with Crippen molar-refractivity contribution in [1.82, 2.24) is 25.2 Å². The number of carbonyl (C=O) groups is 1. The minimum absolute atomic E-state index is 0. The fraction of sp³-hybridized carbons (Fsp3) is 0.700. The van der Waals surface area contributed by atoms with Crippen LogP contribution in [0.15, 0.2) is 12.4 Å². The highest BCUT2D eigenvalue weighted by Crippen LogP contribution is 2.05. The van der Waals surface area contributed by atoms with Crippen LogP contribution in [0, 0.1) is 0 Å². The average molecular weight is 260 g/mol. The number of nitrogens with zero attached hydrogens (tertiary/aromatic N) is 4. The first-order valence-electron chi connectivity index (χ1n) is 5.61. The number of hydrogen-bond donors (Lipinski definition) is 1. The van der Waals surface area contributed by atoms with E-state index >= 15 is 0 Å². The lowest BCUT2D eigenvalue weighted by molar-refractivity contribution is -0.134. The van der Waals surface area contributed by atoms with Gasteiger partial charge < -0.3 is 10.2 Å². The van der Waals surface area contributed by atoms with Crippen molar-refractivity contribution < 1.29 is 4.79 Å². The molecule has 1 aromatic heterocycles. The fourth-order valence-corrected chi connectivity index (χ4v) is 1.92. The number of amides is 1. The number of aryl methyl sites for hydroxylation is 1. The van der Waals surface area contributed by atoms with Gasteiger partial charge in [-0.1, -0.05) is 5.21 Å². The van der Waals surface area contributed by atoms with E-state index in [9.17, 15) is 4.79 Å². The summed E-state index contributed by atoms with van der Waals surface area (Å²) < 4.78 is 1.69. The van der Waals surface area contributed by atoms with Crippen LogP contribution in [0.25, 0.3) is 0 Å². The molecule has 7 heteroatoms. The summed E-state index contributed by atoms with van der Waals surface area (Å²) in [6.45, 7) is 5.25. The number of rotatable bonds is 3. The molecule has 0 bridgehead atoms. The molecule has 6 nitrogen and oxygen atoms in total. The van der Waals surface area contributed by atoms with Crippen LogP contribution in [-0.4, -0.2) is 51.5 Å². The fourth-order valence-electron chi connectivity index (χ4n) is 1.92. The first-order valence-corrected chi connectivity index (χ1v) is 5.61. The van der Waals surface area contributed by atoms with Crippen molar-refractivity contribution >= 4 is 18.3 Å². The van der Waals surface area contributed by atoms with Gasteiger partial charge in [0.25, 0.3) is 0 Å². The first kappa shape index (κ1) is 13.9. The Morgan fingerprint density at radius 1 is 1.59 bits per heavy atom. The monoisotopic (exact) mass is 259 g/mol. The van der Waals surface area contributed by atoms with Crippen molar-refractivity contribution in [3.63, 3.8) is 0 Å². The SMILES string of the molecule is C[C@H]1CNCCN1C(=O)CCn1ccnn1.Cl. The lowest BCUT2D eigenvalue weighted by Gasteiger charge is -2.34. The number of halogens is 1. The highest BCUT2D eigenvalue weighted by molar-refractivity contribution is 5.85. The van der Waals surface area contributed by atoms with Crippen molar-refractivity contribution in [2.45, 2.75) is 25.9 Å². The Kier molecular flexibility index (Phi) is 5.37. The van der Waals surface area contributed by atoms with E-state index in [4.69, 9.17) is 0 Å². The zero-order valence-corrected chi connectivity index (χ0v) is 10.7. The topological polar surface area (TPSA) is 63.1 Å². The molecule has 1 aliphatic heterocycles. The molecule has 1 amide bonds. The molecule has 0 aliphatic carbocycles. The molecule has 1 aromatic rings. The third-order valence-electron chi connectivity index (χ3n) is 2.85. The molecule has 1 aliphatic rings. The molecule has 1 fully saturated rings. The van der Waals surface area contributed by atoms with Crippen molar-refractivity contribution in [2.75, 3.05) is 19.6 Å². The number of hydrogen-bond acceptors (Lipinski definition) is 4. The summed E-state index contributed by atoms with van der Waals surface area (Å²) in [5.74, 6) is 0.199. The van der Waals surface area contributed by atoms with Gasteiger partial charge in [-0.15, -0.1) is 17.5 Å². The largest absolute Gasteiger partial charge is 0.337 e. The highest BCUT2D eigenvalue weighted by Gasteiger charge is 2.22. The Morgan fingerprint density at radius 2 is 2.41 bits per heavy atom. The van der Waals surface area contributed by atoms with Crippen LogP contribution in [0.2, 0.25) is 0 Å². The van der Waals surface area contributed by atoms with Gasteiger partial charge >= 0.3 is 0 Å². The molecule has 1 N–H and O–H groups in total. The molecule has 0 aromatic carbocycles. The molecule has 96 valence electrons. The Bertz CT molecular complexity index is 342. The van der Waals surface area contributed by atoms with Crippen LogP contribution in [0.1, 0.15) is 13.3 Å². The maximum absolute atomic E-state index is 11.9. The van der Waals surface area contributed by atoms with Crippen LogP contribution in [0.4, 0.5) is 0 Å². The van der Waals surface area contributed by atoms with Crippen LogP contribution in [-0.2, 0) is 11.3 Å². The normalized spacial score (nSPS) is 19.8. The van der Waals surface area contributed by atoms with Gasteiger partial charge in [0, 0.05) is 38.3 Å². The van der Waals surface area contributed by atoms with Gasteiger partial charge in [-0.2, -0.15) is 0 Å². The van der Waals surface area contributed by atoms with E-state index < -0.39 is 0 Å². The first-order chi connectivity index (χ1) is 7.77. The quantitative estimate of drug-likeness (QED) is 0.824. The number of aromatic nitrogens is 3. The summed E-state index contributed by atoms with van der Waals surface area (Å²) in [5.41, 5.74) is 0. The number of nitrogens with one attached hydrogen (secondary N) is 1. The maximum atomic E-state index is 11.9. The molecule has 1 atom stereocenters. The molecule has 0 spiro atoms. The second kappa shape index (κ2) is 6.56. The molecule has 2 heterocycles. The average Bonchev–Trinajstić information content (AvgIpc) is 2.79. The Hall–Kier alpha value is -1.14. The van der Waals surface area contributed by atoms with E-state index in [0.717, 1.165) is 19.6 Å². The van der Waals surface area contributed by atoms with Crippen LogP contribution in [0.5, 0.6) is 0 Å². The zero-order chi connectivity index (χ0) is 11.4.